The molecule has 0 aromatic heterocycles. The van der Waals surface area contributed by atoms with Crippen molar-refractivity contribution >= 4 is 15.9 Å². The maximum absolute atomic E-state index is 11.8. The van der Waals surface area contributed by atoms with E-state index < -0.39 is 9.84 Å². The van der Waals surface area contributed by atoms with Gasteiger partial charge in [0.05, 0.1) is 11.5 Å². The number of hydrogen-bond acceptors (Lipinski definition) is 4. The van der Waals surface area contributed by atoms with Crippen molar-refractivity contribution < 1.29 is 13.2 Å². The van der Waals surface area contributed by atoms with Crippen molar-refractivity contribution in [3.8, 4) is 0 Å². The van der Waals surface area contributed by atoms with Crippen molar-refractivity contribution in [2.24, 2.45) is 0 Å². The van der Waals surface area contributed by atoms with Gasteiger partial charge in [-0.05, 0) is 25.7 Å². The number of nitrogens with one attached hydrogen (secondary N) is 1. The number of hydrogen-bond donors (Lipinski definition) is 1. The number of carbonyl (C=O) groups excluding carboxylic acids is 1. The Labute approximate surface area is 121 Å². The van der Waals surface area contributed by atoms with E-state index >= 15 is 0 Å². The van der Waals surface area contributed by atoms with Gasteiger partial charge in [-0.2, -0.15) is 0 Å². The van der Waals surface area contributed by atoms with E-state index in [2.05, 4.69) is 5.32 Å². The SMILES string of the molecule is CN(C)C(=O)N1CCC(NC2CCCS(=O)(=O)C2)CC1. The number of piperidine rings is 1. The Hall–Kier alpha value is -0.820. The first-order valence-electron chi connectivity index (χ1n) is 7.30. The minimum Gasteiger partial charge on any atom is -0.331 e. The summed E-state index contributed by atoms with van der Waals surface area (Å²) in [5.74, 6) is 0.602. The molecule has 2 heterocycles. The minimum absolute atomic E-state index is 0.0590. The van der Waals surface area contributed by atoms with Crippen molar-refractivity contribution in [1.29, 1.82) is 0 Å². The van der Waals surface area contributed by atoms with Crippen LogP contribution < -0.4 is 5.32 Å². The number of amides is 2. The molecule has 2 aliphatic rings. The number of nitrogens with zero attached hydrogens (tertiary/aromatic N) is 2. The average molecular weight is 303 g/mol. The molecule has 1 N–H and O–H groups in total. The molecule has 0 bridgehead atoms. The molecular formula is C13H25N3O3S. The molecule has 1 atom stereocenters. The molecule has 0 aromatic rings. The minimum atomic E-state index is -2.85. The smallest absolute Gasteiger partial charge is 0.319 e. The molecule has 20 heavy (non-hydrogen) atoms. The normalized spacial score (nSPS) is 27.3. The third-order valence-corrected chi connectivity index (χ3v) is 5.90. The van der Waals surface area contributed by atoms with Crippen LogP contribution in [0.25, 0.3) is 0 Å². The van der Waals surface area contributed by atoms with Gasteiger partial charge in [0.2, 0.25) is 0 Å². The van der Waals surface area contributed by atoms with Crippen LogP contribution in [0.1, 0.15) is 25.7 Å². The van der Waals surface area contributed by atoms with Gasteiger partial charge in [0, 0.05) is 39.3 Å². The van der Waals surface area contributed by atoms with Crippen LogP contribution in [0, 0.1) is 0 Å². The van der Waals surface area contributed by atoms with Crippen molar-refractivity contribution in [2.45, 2.75) is 37.8 Å². The van der Waals surface area contributed by atoms with Gasteiger partial charge in [0.1, 0.15) is 0 Å². The molecule has 0 saturated carbocycles. The summed E-state index contributed by atoms with van der Waals surface area (Å²) in [7, 11) is 0.675. The second-order valence-electron chi connectivity index (χ2n) is 6.06. The van der Waals surface area contributed by atoms with E-state index in [0.29, 0.717) is 11.8 Å². The van der Waals surface area contributed by atoms with Crippen molar-refractivity contribution in [2.75, 3.05) is 38.7 Å². The van der Waals surface area contributed by atoms with Gasteiger partial charge in [-0.25, -0.2) is 13.2 Å². The van der Waals surface area contributed by atoms with Crippen LogP contribution in [0.2, 0.25) is 0 Å². The summed E-state index contributed by atoms with van der Waals surface area (Å²) in [6.45, 7) is 1.49. The lowest BCUT2D eigenvalue weighted by Crippen LogP contribution is -2.51. The van der Waals surface area contributed by atoms with Crippen molar-refractivity contribution in [3.63, 3.8) is 0 Å². The molecular weight excluding hydrogens is 278 g/mol. The Kier molecular flexibility index (Phi) is 4.90. The molecule has 6 nitrogen and oxygen atoms in total. The van der Waals surface area contributed by atoms with Crippen molar-refractivity contribution in [1.82, 2.24) is 15.1 Å². The highest BCUT2D eigenvalue weighted by Crippen LogP contribution is 2.17. The lowest BCUT2D eigenvalue weighted by molar-refractivity contribution is 0.150. The van der Waals surface area contributed by atoms with Gasteiger partial charge >= 0.3 is 6.03 Å². The summed E-state index contributed by atoms with van der Waals surface area (Å²) >= 11 is 0. The zero-order valence-corrected chi connectivity index (χ0v) is 13.2. The van der Waals surface area contributed by atoms with Crippen LogP contribution in [-0.4, -0.2) is 75.0 Å². The van der Waals surface area contributed by atoms with Crippen LogP contribution in [0.3, 0.4) is 0 Å². The monoisotopic (exact) mass is 303 g/mol. The van der Waals surface area contributed by atoms with E-state index in [1.807, 2.05) is 4.90 Å². The highest BCUT2D eigenvalue weighted by molar-refractivity contribution is 7.91. The fraction of sp³-hybridized carbons (Fsp3) is 0.923. The number of carbonyl (C=O) groups is 1. The van der Waals surface area contributed by atoms with Crippen LogP contribution >= 0.6 is 0 Å². The molecule has 0 spiro atoms. The molecule has 2 rings (SSSR count). The zero-order valence-electron chi connectivity index (χ0n) is 12.3. The average Bonchev–Trinajstić information content (AvgIpc) is 2.37. The van der Waals surface area contributed by atoms with Crippen LogP contribution in [-0.2, 0) is 9.84 Å². The molecule has 116 valence electrons. The summed E-state index contributed by atoms with van der Waals surface area (Å²) in [6, 6.07) is 0.484. The van der Waals surface area contributed by atoms with Crippen LogP contribution in [0.4, 0.5) is 4.79 Å². The van der Waals surface area contributed by atoms with Gasteiger partial charge in [-0.15, -0.1) is 0 Å². The summed E-state index contributed by atoms with van der Waals surface area (Å²) in [4.78, 5) is 15.3. The summed E-state index contributed by atoms with van der Waals surface area (Å²) < 4.78 is 23.2. The van der Waals surface area contributed by atoms with E-state index in [1.165, 1.54) is 0 Å². The largest absolute Gasteiger partial charge is 0.331 e. The standard InChI is InChI=1S/C13H25N3O3S/c1-15(2)13(17)16-7-5-11(6-8-16)14-12-4-3-9-20(18,19)10-12/h11-12,14H,3-10H2,1-2H3. The third-order valence-electron chi connectivity index (χ3n) is 4.08. The second-order valence-corrected chi connectivity index (χ2v) is 8.29. The number of sulfone groups is 1. The van der Waals surface area contributed by atoms with Gasteiger partial charge in [0.25, 0.3) is 0 Å². The predicted molar refractivity (Wildman–Crippen MR) is 78.5 cm³/mol. The van der Waals surface area contributed by atoms with E-state index in [1.54, 1.807) is 19.0 Å². The molecule has 0 aliphatic carbocycles. The molecule has 2 fully saturated rings. The van der Waals surface area contributed by atoms with E-state index in [0.717, 1.165) is 38.8 Å². The quantitative estimate of drug-likeness (QED) is 0.796. The van der Waals surface area contributed by atoms with E-state index in [-0.39, 0.29) is 17.8 Å². The highest BCUT2D eigenvalue weighted by Gasteiger charge is 2.29. The molecule has 2 saturated heterocycles. The maximum atomic E-state index is 11.8. The molecule has 1 unspecified atom stereocenters. The zero-order chi connectivity index (χ0) is 14.8. The number of likely N-dealkylation sites (tertiary alicyclic amines) is 1. The fourth-order valence-corrected chi connectivity index (χ4v) is 4.66. The maximum Gasteiger partial charge on any atom is 0.319 e. The van der Waals surface area contributed by atoms with Gasteiger partial charge < -0.3 is 15.1 Å². The van der Waals surface area contributed by atoms with Gasteiger partial charge in [-0.1, -0.05) is 0 Å². The lowest BCUT2D eigenvalue weighted by atomic mass is 10.0. The summed E-state index contributed by atoms with van der Waals surface area (Å²) in [6.07, 6.45) is 3.50. The van der Waals surface area contributed by atoms with E-state index in [9.17, 15) is 13.2 Å². The van der Waals surface area contributed by atoms with Crippen molar-refractivity contribution in [3.05, 3.63) is 0 Å². The molecule has 2 aliphatic heterocycles. The number of rotatable bonds is 2. The predicted octanol–water partition coefficient (Wildman–Crippen LogP) is 0.299. The Bertz CT molecular complexity index is 442. The van der Waals surface area contributed by atoms with Gasteiger partial charge in [-0.3, -0.25) is 0 Å². The first-order valence-corrected chi connectivity index (χ1v) is 9.12. The Morgan fingerprint density at radius 2 is 1.80 bits per heavy atom. The Balaban J connectivity index is 1.78. The number of urea groups is 1. The van der Waals surface area contributed by atoms with E-state index in [4.69, 9.17) is 0 Å². The molecule has 7 heteroatoms. The first-order chi connectivity index (χ1) is 9.37. The van der Waals surface area contributed by atoms with Crippen LogP contribution in [0.15, 0.2) is 0 Å². The molecule has 0 radical (unpaired) electrons. The van der Waals surface area contributed by atoms with Gasteiger partial charge in [0.15, 0.2) is 9.84 Å². The lowest BCUT2D eigenvalue weighted by Gasteiger charge is -2.36. The fourth-order valence-electron chi connectivity index (χ4n) is 3.01. The molecule has 2 amide bonds. The van der Waals surface area contributed by atoms with Crippen LogP contribution in [0.5, 0.6) is 0 Å². The molecule has 0 aromatic carbocycles. The Morgan fingerprint density at radius 1 is 1.15 bits per heavy atom. The highest BCUT2D eigenvalue weighted by atomic mass is 32.2. The Morgan fingerprint density at radius 3 is 2.35 bits per heavy atom. The topological polar surface area (TPSA) is 69.7 Å². The first kappa shape index (κ1) is 15.6. The third kappa shape index (κ3) is 4.09. The summed E-state index contributed by atoms with van der Waals surface area (Å²) in [5.41, 5.74) is 0. The second kappa shape index (κ2) is 6.30. The summed E-state index contributed by atoms with van der Waals surface area (Å²) in [5, 5.41) is 3.47.